The Morgan fingerprint density at radius 1 is 1.10 bits per heavy atom. The second-order valence-electron chi connectivity index (χ2n) is 6.03. The van der Waals surface area contributed by atoms with Gasteiger partial charge in [-0.15, -0.1) is 0 Å². The number of rotatable bonds is 2. The number of likely N-dealkylation sites (tertiary alicyclic amines) is 1. The van der Waals surface area contributed by atoms with Crippen molar-refractivity contribution in [3.05, 3.63) is 29.8 Å². The summed E-state index contributed by atoms with van der Waals surface area (Å²) in [5.74, 6) is -1.23. The lowest BCUT2D eigenvalue weighted by molar-refractivity contribution is -0.903. The van der Waals surface area contributed by atoms with E-state index in [4.69, 9.17) is 9.47 Å². The van der Waals surface area contributed by atoms with E-state index in [0.717, 1.165) is 24.3 Å². The van der Waals surface area contributed by atoms with Gasteiger partial charge in [-0.05, 0) is 25.3 Å². The van der Waals surface area contributed by atoms with Gasteiger partial charge in [-0.2, -0.15) is 0 Å². The van der Waals surface area contributed by atoms with Crippen molar-refractivity contribution in [3.63, 3.8) is 0 Å². The summed E-state index contributed by atoms with van der Waals surface area (Å²) in [5.41, 5.74) is 1.81. The average molecular weight is 289 g/mol. The molecule has 0 bridgehead atoms. The van der Waals surface area contributed by atoms with Crippen LogP contribution < -0.4 is 9.80 Å². The molecular weight excluding hydrogens is 268 g/mol. The first-order valence-corrected chi connectivity index (χ1v) is 7.84. The van der Waals surface area contributed by atoms with Crippen molar-refractivity contribution in [2.75, 3.05) is 37.9 Å². The van der Waals surface area contributed by atoms with Crippen LogP contribution in [0.4, 0.5) is 5.69 Å². The molecule has 0 aromatic heterocycles. The third kappa shape index (κ3) is 1.99. The number of carbonyl (C=O) groups is 1. The van der Waals surface area contributed by atoms with E-state index in [1.165, 1.54) is 24.2 Å². The summed E-state index contributed by atoms with van der Waals surface area (Å²) in [4.78, 5) is 16.3. The number of hydrogen-bond donors (Lipinski definition) is 1. The molecular formula is C16H21N2O3+. The number of para-hydroxylation sites is 1. The second-order valence-corrected chi connectivity index (χ2v) is 6.03. The van der Waals surface area contributed by atoms with Crippen LogP contribution in [-0.4, -0.2) is 38.9 Å². The first-order chi connectivity index (χ1) is 10.3. The summed E-state index contributed by atoms with van der Waals surface area (Å²) < 4.78 is 11.5. The number of amides is 1. The van der Waals surface area contributed by atoms with E-state index in [1.54, 1.807) is 0 Å². The molecule has 112 valence electrons. The Kier molecular flexibility index (Phi) is 3.21. The van der Waals surface area contributed by atoms with Crippen LogP contribution in [-0.2, 0) is 20.1 Å². The van der Waals surface area contributed by atoms with Crippen LogP contribution >= 0.6 is 0 Å². The van der Waals surface area contributed by atoms with Crippen molar-refractivity contribution >= 4 is 11.6 Å². The minimum absolute atomic E-state index is 0.0562. The molecule has 3 aliphatic rings. The Bertz CT molecular complexity index is 548. The maximum Gasteiger partial charge on any atom is 0.296 e. The van der Waals surface area contributed by atoms with E-state index >= 15 is 0 Å². The van der Waals surface area contributed by atoms with Crippen molar-refractivity contribution in [2.24, 2.45) is 0 Å². The standard InChI is InChI=1S/C16H20N2O3/c19-15-16(20-10-11-21-16)13-6-2-3-7-14(13)18(15)12-17-8-4-1-5-9-17/h2-3,6-7H,1,4-5,8-12H2/p+1. The number of quaternary nitrogens is 1. The summed E-state index contributed by atoms with van der Waals surface area (Å²) in [6, 6.07) is 7.86. The molecule has 2 fully saturated rings. The Labute approximate surface area is 124 Å². The predicted molar refractivity (Wildman–Crippen MR) is 76.9 cm³/mol. The Balaban J connectivity index is 1.66. The van der Waals surface area contributed by atoms with E-state index < -0.39 is 5.79 Å². The number of hydrogen-bond acceptors (Lipinski definition) is 3. The number of benzene rings is 1. The number of nitrogens with zero attached hydrogens (tertiary/aromatic N) is 1. The van der Waals surface area contributed by atoms with Gasteiger partial charge in [0.15, 0.2) is 6.67 Å². The molecule has 1 aromatic rings. The lowest BCUT2D eigenvalue weighted by Gasteiger charge is -2.28. The molecule has 0 radical (unpaired) electrons. The van der Waals surface area contributed by atoms with Gasteiger partial charge >= 0.3 is 0 Å². The number of nitrogens with one attached hydrogen (secondary N) is 1. The quantitative estimate of drug-likeness (QED) is 0.849. The fourth-order valence-corrected chi connectivity index (χ4v) is 3.67. The highest BCUT2D eigenvalue weighted by Crippen LogP contribution is 2.44. The van der Waals surface area contributed by atoms with Crippen molar-refractivity contribution in [1.29, 1.82) is 0 Å². The maximum atomic E-state index is 12.9. The normalized spacial score (nSPS) is 24.8. The first-order valence-electron chi connectivity index (χ1n) is 7.84. The number of piperidine rings is 1. The van der Waals surface area contributed by atoms with E-state index in [9.17, 15) is 4.79 Å². The second kappa shape index (κ2) is 5.09. The zero-order valence-electron chi connectivity index (χ0n) is 12.1. The molecule has 0 aliphatic carbocycles. The zero-order valence-corrected chi connectivity index (χ0v) is 12.1. The molecule has 1 amide bonds. The number of ether oxygens (including phenoxy) is 2. The van der Waals surface area contributed by atoms with Gasteiger partial charge in [0.05, 0.1) is 32.0 Å². The first kappa shape index (κ1) is 13.2. The molecule has 21 heavy (non-hydrogen) atoms. The van der Waals surface area contributed by atoms with Gasteiger partial charge < -0.3 is 14.4 Å². The fourth-order valence-electron chi connectivity index (χ4n) is 3.67. The molecule has 5 heteroatoms. The topological polar surface area (TPSA) is 43.2 Å². The van der Waals surface area contributed by atoms with Crippen molar-refractivity contribution in [3.8, 4) is 0 Å². The third-order valence-corrected chi connectivity index (χ3v) is 4.71. The summed E-state index contributed by atoms with van der Waals surface area (Å²) in [6.07, 6.45) is 3.80. The number of anilines is 1. The maximum absolute atomic E-state index is 12.9. The van der Waals surface area contributed by atoms with Crippen LogP contribution in [0.3, 0.4) is 0 Å². The fraction of sp³-hybridized carbons (Fsp3) is 0.562. The van der Waals surface area contributed by atoms with Gasteiger partial charge in [-0.3, -0.25) is 9.69 Å². The molecule has 1 N–H and O–H groups in total. The molecule has 4 rings (SSSR count). The number of carbonyl (C=O) groups excluding carboxylic acids is 1. The zero-order chi connectivity index (χ0) is 14.3. The van der Waals surface area contributed by atoms with Crippen molar-refractivity contribution in [1.82, 2.24) is 0 Å². The monoisotopic (exact) mass is 289 g/mol. The minimum atomic E-state index is -1.17. The van der Waals surface area contributed by atoms with Gasteiger partial charge in [-0.25, -0.2) is 0 Å². The van der Waals surface area contributed by atoms with Crippen LogP contribution in [0, 0.1) is 0 Å². The van der Waals surface area contributed by atoms with E-state index in [0.29, 0.717) is 19.9 Å². The predicted octanol–water partition coefficient (Wildman–Crippen LogP) is 0.259. The van der Waals surface area contributed by atoms with Crippen LogP contribution in [0.15, 0.2) is 24.3 Å². The van der Waals surface area contributed by atoms with Gasteiger partial charge in [0.25, 0.3) is 11.7 Å². The van der Waals surface area contributed by atoms with Crippen molar-refractivity contribution in [2.45, 2.75) is 25.0 Å². The lowest BCUT2D eigenvalue weighted by Crippen LogP contribution is -3.14. The largest absolute Gasteiger partial charge is 0.336 e. The smallest absolute Gasteiger partial charge is 0.296 e. The Morgan fingerprint density at radius 2 is 1.81 bits per heavy atom. The Morgan fingerprint density at radius 3 is 2.57 bits per heavy atom. The van der Waals surface area contributed by atoms with Crippen LogP contribution in [0.1, 0.15) is 24.8 Å². The summed E-state index contributed by atoms with van der Waals surface area (Å²) in [5, 5.41) is 0. The van der Waals surface area contributed by atoms with Crippen molar-refractivity contribution < 1.29 is 19.2 Å². The molecule has 0 unspecified atom stereocenters. The van der Waals surface area contributed by atoms with Crippen LogP contribution in [0.2, 0.25) is 0 Å². The van der Waals surface area contributed by atoms with Gasteiger partial charge in [0, 0.05) is 5.56 Å². The van der Waals surface area contributed by atoms with Gasteiger partial charge in [0.2, 0.25) is 0 Å². The lowest BCUT2D eigenvalue weighted by atomic mass is 10.1. The number of fused-ring (bicyclic) bond motifs is 2. The van der Waals surface area contributed by atoms with Crippen LogP contribution in [0.25, 0.3) is 0 Å². The molecule has 1 spiro atoms. The third-order valence-electron chi connectivity index (χ3n) is 4.71. The van der Waals surface area contributed by atoms with Crippen LogP contribution in [0.5, 0.6) is 0 Å². The Hall–Kier alpha value is -1.43. The summed E-state index contributed by atoms with van der Waals surface area (Å²) in [6.45, 7) is 3.95. The molecule has 3 aliphatic heterocycles. The highest BCUT2D eigenvalue weighted by molar-refractivity contribution is 6.06. The van der Waals surface area contributed by atoms with Gasteiger partial charge in [0.1, 0.15) is 0 Å². The van der Waals surface area contributed by atoms with Gasteiger partial charge in [-0.1, -0.05) is 18.2 Å². The molecule has 3 heterocycles. The summed E-state index contributed by atoms with van der Waals surface area (Å²) in [7, 11) is 0. The molecule has 2 saturated heterocycles. The highest BCUT2D eigenvalue weighted by Gasteiger charge is 2.56. The summed E-state index contributed by atoms with van der Waals surface area (Å²) >= 11 is 0. The van der Waals surface area contributed by atoms with E-state index in [1.807, 2.05) is 29.2 Å². The SMILES string of the molecule is O=C1N(C[NH+]2CCCCC2)c2ccccc2C12OCCO2. The van der Waals surface area contributed by atoms with E-state index in [2.05, 4.69) is 0 Å². The molecule has 0 atom stereocenters. The average Bonchev–Trinajstić information content (AvgIpc) is 3.11. The highest BCUT2D eigenvalue weighted by atomic mass is 16.7. The molecule has 5 nitrogen and oxygen atoms in total. The molecule has 0 saturated carbocycles. The molecule has 1 aromatic carbocycles. The minimum Gasteiger partial charge on any atom is -0.336 e. The van der Waals surface area contributed by atoms with E-state index in [-0.39, 0.29) is 5.91 Å².